The fraction of sp³-hybridized carbons (Fsp3) is 0. The number of rotatable bonds is 0. The van der Waals surface area contributed by atoms with Crippen molar-refractivity contribution in [2.45, 2.75) is 0 Å². The fourth-order valence-electron chi connectivity index (χ4n) is 0.0949. The van der Waals surface area contributed by atoms with Crippen LogP contribution in [0.25, 0.3) is 0 Å². The topological polar surface area (TPSA) is 127 Å². The molecule has 0 atom stereocenters. The minimum absolute atomic E-state index is 0. The van der Waals surface area contributed by atoms with Crippen molar-refractivity contribution >= 4 is 0 Å². The largest absolute Gasteiger partial charge is 1.00 e. The molecule has 0 aliphatic rings. The van der Waals surface area contributed by atoms with Gasteiger partial charge in [0.05, 0.1) is 0 Å². The molecule has 56 valence electrons. The monoisotopic (exact) mass is 306 g/mol. The van der Waals surface area contributed by atoms with E-state index in [0.717, 1.165) is 0 Å². The third-order valence-electron chi connectivity index (χ3n) is 0.424. The molecular formula is C4H2K2N4OPd. The Hall–Kier alpha value is 1.86. The summed E-state index contributed by atoms with van der Waals surface area (Å²) in [5.74, 6) is 0. The molecular weight excluding hydrogens is 305 g/mol. The maximum atomic E-state index is 8.13. The molecule has 0 rings (SSSR count). The summed E-state index contributed by atoms with van der Waals surface area (Å²) in [6, 6.07) is 0. The summed E-state index contributed by atoms with van der Waals surface area (Å²) >= 11 is -3.58. The zero-order chi connectivity index (χ0) is 7.33. The van der Waals surface area contributed by atoms with Crippen LogP contribution in [0.3, 0.4) is 0 Å². The van der Waals surface area contributed by atoms with Gasteiger partial charge in [0.25, 0.3) is 0 Å². The van der Waals surface area contributed by atoms with Gasteiger partial charge in [-0.05, 0) is 0 Å². The quantitative estimate of drug-likeness (QED) is 0.412. The van der Waals surface area contributed by atoms with E-state index in [1.54, 1.807) is 0 Å². The third-order valence-corrected chi connectivity index (χ3v) is 2.51. The summed E-state index contributed by atoms with van der Waals surface area (Å²) in [6.07, 6.45) is 0. The first-order valence-electron chi connectivity index (χ1n) is 1.53. The summed E-state index contributed by atoms with van der Waals surface area (Å²) in [4.78, 5) is 0. The van der Waals surface area contributed by atoms with Crippen LogP contribution in [0, 0.1) is 39.2 Å². The molecule has 12 heavy (non-hydrogen) atoms. The summed E-state index contributed by atoms with van der Waals surface area (Å²) in [5.41, 5.74) is 0. The van der Waals surface area contributed by atoms with E-state index in [4.69, 9.17) is 21.0 Å². The van der Waals surface area contributed by atoms with Gasteiger partial charge in [0.1, 0.15) is 0 Å². The van der Waals surface area contributed by atoms with Crippen molar-refractivity contribution in [3.63, 3.8) is 0 Å². The Bertz CT molecular complexity index is 218. The molecule has 0 bridgehead atoms. The van der Waals surface area contributed by atoms with Gasteiger partial charge in [-0.15, -0.1) is 0 Å². The second-order valence-electron chi connectivity index (χ2n) is 0.757. The second-order valence-corrected chi connectivity index (χ2v) is 4.48. The maximum absolute atomic E-state index is 8.13. The Morgan fingerprint density at radius 2 is 0.833 bits per heavy atom. The number of nitriles is 4. The summed E-state index contributed by atoms with van der Waals surface area (Å²) in [7, 11) is 0. The molecule has 0 aliphatic carbocycles. The Kier molecular flexibility index (Phi) is 25.3. The zero-order valence-electron chi connectivity index (χ0n) is 6.61. The zero-order valence-corrected chi connectivity index (χ0v) is 14.4. The molecule has 2 N–H and O–H groups in total. The Morgan fingerprint density at radius 1 is 0.667 bits per heavy atom. The number of hydrogen-bond donors (Lipinski definition) is 0. The van der Waals surface area contributed by atoms with Crippen LogP contribution in [0.4, 0.5) is 0 Å². The second kappa shape index (κ2) is 12.9. The molecule has 0 amide bonds. The number of hydrogen-bond acceptors (Lipinski definition) is 4. The SMILES string of the molecule is N#[C][Pd-2]([C]#N)([C]#N)[C]#N.O.[K+].[K+]. The first kappa shape index (κ1) is 23.6. The third kappa shape index (κ3) is 7.28. The van der Waals surface area contributed by atoms with Crippen molar-refractivity contribution in [1.29, 1.82) is 21.0 Å². The van der Waals surface area contributed by atoms with Crippen LogP contribution in [0.1, 0.15) is 0 Å². The molecule has 0 spiro atoms. The van der Waals surface area contributed by atoms with Gasteiger partial charge in [0.15, 0.2) is 0 Å². The molecule has 0 aromatic carbocycles. The van der Waals surface area contributed by atoms with Gasteiger partial charge < -0.3 is 5.48 Å². The van der Waals surface area contributed by atoms with Gasteiger partial charge in [-0.25, -0.2) is 0 Å². The smallest absolute Gasteiger partial charge is 0.412 e. The van der Waals surface area contributed by atoms with Crippen molar-refractivity contribution in [1.82, 2.24) is 0 Å². The summed E-state index contributed by atoms with van der Waals surface area (Å²) in [5, 5.41) is 32.5. The van der Waals surface area contributed by atoms with E-state index in [1.807, 2.05) is 0 Å². The molecule has 0 heterocycles. The van der Waals surface area contributed by atoms with Crippen LogP contribution in [0.5, 0.6) is 0 Å². The van der Waals surface area contributed by atoms with Crippen LogP contribution < -0.4 is 103 Å². The molecule has 0 unspecified atom stereocenters. The van der Waals surface area contributed by atoms with E-state index in [1.165, 1.54) is 18.2 Å². The fourth-order valence-corrected chi connectivity index (χ4v) is 0.561. The minimum Gasteiger partial charge on any atom is -0.412 e. The summed E-state index contributed by atoms with van der Waals surface area (Å²) in [6.45, 7) is 0. The van der Waals surface area contributed by atoms with Gasteiger partial charge in [0, 0.05) is 0 Å². The van der Waals surface area contributed by atoms with Crippen LogP contribution in [0.15, 0.2) is 0 Å². The maximum Gasteiger partial charge on any atom is 1.00 e. The molecule has 0 fully saturated rings. The van der Waals surface area contributed by atoms with Crippen molar-refractivity contribution in [2.24, 2.45) is 0 Å². The Balaban J connectivity index is -0.000000107. The standard InChI is InChI=1S/4CN.2K.H2O.Pd/c4*1-2;;;;/h;;;;;;1H2;/q;;;;2*+1;;-2. The Labute approximate surface area is 159 Å². The van der Waals surface area contributed by atoms with Crippen LogP contribution >= 0.6 is 0 Å². The minimum atomic E-state index is -3.58. The van der Waals surface area contributed by atoms with E-state index in [9.17, 15) is 0 Å². The first-order chi connectivity index (χ1) is 4.24. The van der Waals surface area contributed by atoms with Crippen molar-refractivity contribution in [3.05, 3.63) is 0 Å². The molecule has 0 aromatic rings. The van der Waals surface area contributed by atoms with Crippen LogP contribution in [0.2, 0.25) is 0 Å². The van der Waals surface area contributed by atoms with E-state index < -0.39 is 15.5 Å². The molecule has 0 aromatic heterocycles. The first-order valence-corrected chi connectivity index (χ1v) is 4.64. The van der Waals surface area contributed by atoms with Crippen LogP contribution in [-0.4, -0.2) is 5.48 Å². The molecule has 0 saturated heterocycles. The van der Waals surface area contributed by atoms with Crippen LogP contribution in [-0.2, 0) is 15.5 Å². The average Bonchev–Trinajstić information content (AvgIpc) is 1.95. The Morgan fingerprint density at radius 3 is 0.833 bits per heavy atom. The molecule has 0 saturated carbocycles. The normalized spacial score (nSPS) is 7.00. The van der Waals surface area contributed by atoms with Gasteiger partial charge in [0.2, 0.25) is 0 Å². The van der Waals surface area contributed by atoms with Gasteiger partial charge in [-0.3, -0.25) is 0 Å². The summed E-state index contributed by atoms with van der Waals surface area (Å²) < 4.78 is 5.72. The van der Waals surface area contributed by atoms with Crippen molar-refractivity contribution in [3.8, 4) is 18.2 Å². The average molecular weight is 307 g/mol. The number of nitrogens with zero attached hydrogens (tertiary/aromatic N) is 4. The predicted octanol–water partition coefficient (Wildman–Crippen LogP) is -6.75. The van der Waals surface area contributed by atoms with Gasteiger partial charge >= 0.3 is 158 Å². The van der Waals surface area contributed by atoms with E-state index in [2.05, 4.69) is 0 Å². The van der Waals surface area contributed by atoms with E-state index in [0.29, 0.717) is 0 Å². The van der Waals surface area contributed by atoms with E-state index >= 15 is 0 Å². The molecule has 0 aliphatic heterocycles. The predicted molar refractivity (Wildman–Crippen MR) is 26.1 cm³/mol. The van der Waals surface area contributed by atoms with Gasteiger partial charge in [-0.2, -0.15) is 0 Å². The molecule has 0 radical (unpaired) electrons. The van der Waals surface area contributed by atoms with Gasteiger partial charge in [-0.1, -0.05) is 0 Å². The molecule has 8 heteroatoms. The van der Waals surface area contributed by atoms with Crippen molar-refractivity contribution < 1.29 is 124 Å². The van der Waals surface area contributed by atoms with E-state index in [-0.39, 0.29) is 108 Å². The molecule has 5 nitrogen and oxygen atoms in total. The van der Waals surface area contributed by atoms with Crippen molar-refractivity contribution in [2.75, 3.05) is 0 Å².